The van der Waals surface area contributed by atoms with Crippen LogP contribution in [0.25, 0.3) is 0 Å². The molecule has 132 valence electrons. The van der Waals surface area contributed by atoms with Gasteiger partial charge < -0.3 is 15.1 Å². The zero-order chi connectivity index (χ0) is 16.9. The average Bonchev–Trinajstić information content (AvgIpc) is 2.83. The molecule has 1 aliphatic heterocycles. The van der Waals surface area contributed by atoms with Crippen LogP contribution in [0.1, 0.15) is 38.5 Å². The Morgan fingerprint density at radius 3 is 2.08 bits per heavy atom. The van der Waals surface area contributed by atoms with E-state index < -0.39 is 0 Å². The van der Waals surface area contributed by atoms with Crippen LogP contribution in [0.15, 0.2) is 18.2 Å². The third-order valence-electron chi connectivity index (χ3n) is 4.96. The molecule has 0 unspecified atom stereocenters. The van der Waals surface area contributed by atoms with E-state index in [2.05, 4.69) is 10.2 Å². The number of nitrogens with zero attached hydrogens (tertiary/aromatic N) is 2. The van der Waals surface area contributed by atoms with Crippen LogP contribution in [0, 0.1) is 0 Å². The van der Waals surface area contributed by atoms with Crippen molar-refractivity contribution in [2.45, 2.75) is 44.6 Å². The summed E-state index contributed by atoms with van der Waals surface area (Å²) >= 11 is 12.2. The fraction of sp³-hybridized carbons (Fsp3) is 0.611. The molecule has 0 spiro atoms. The molecule has 4 nitrogen and oxygen atoms in total. The molecular formula is C18H25Cl2N3O. The van der Waals surface area contributed by atoms with Gasteiger partial charge in [0.1, 0.15) is 0 Å². The van der Waals surface area contributed by atoms with Crippen molar-refractivity contribution in [2.24, 2.45) is 0 Å². The molecule has 1 heterocycles. The number of anilines is 1. The first kappa shape index (κ1) is 17.7. The second-order valence-corrected chi connectivity index (χ2v) is 7.61. The number of hydrogen-bond donors (Lipinski definition) is 1. The number of piperazine rings is 1. The molecule has 0 bridgehead atoms. The van der Waals surface area contributed by atoms with Gasteiger partial charge in [0.25, 0.3) is 0 Å². The normalized spacial score (nSPS) is 19.9. The summed E-state index contributed by atoms with van der Waals surface area (Å²) in [4.78, 5) is 16.6. The molecule has 1 saturated heterocycles. The highest BCUT2D eigenvalue weighted by molar-refractivity contribution is 6.35. The lowest BCUT2D eigenvalue weighted by atomic mass is 10.1. The smallest absolute Gasteiger partial charge is 0.317 e. The molecule has 2 aliphatic rings. The van der Waals surface area contributed by atoms with Crippen LogP contribution < -0.4 is 10.2 Å². The molecule has 3 rings (SSSR count). The molecule has 0 aromatic heterocycles. The highest BCUT2D eigenvalue weighted by Gasteiger charge is 2.23. The van der Waals surface area contributed by atoms with Gasteiger partial charge in [-0.1, -0.05) is 48.9 Å². The molecular weight excluding hydrogens is 345 g/mol. The first-order valence-corrected chi connectivity index (χ1v) is 9.64. The number of benzene rings is 1. The van der Waals surface area contributed by atoms with Gasteiger partial charge in [0, 0.05) is 48.0 Å². The van der Waals surface area contributed by atoms with E-state index in [-0.39, 0.29) is 6.03 Å². The molecule has 2 fully saturated rings. The Morgan fingerprint density at radius 1 is 0.917 bits per heavy atom. The third-order valence-corrected chi connectivity index (χ3v) is 5.40. The third kappa shape index (κ3) is 4.70. The van der Waals surface area contributed by atoms with E-state index in [0.717, 1.165) is 44.7 Å². The number of amides is 2. The number of carbonyl (C=O) groups excluding carboxylic acids is 1. The number of hydrogen-bond acceptors (Lipinski definition) is 2. The summed E-state index contributed by atoms with van der Waals surface area (Å²) in [5.74, 6) is 0. The lowest BCUT2D eigenvalue weighted by Gasteiger charge is -2.36. The van der Waals surface area contributed by atoms with Crippen molar-refractivity contribution in [3.8, 4) is 0 Å². The monoisotopic (exact) mass is 369 g/mol. The minimum absolute atomic E-state index is 0.0886. The van der Waals surface area contributed by atoms with E-state index in [1.165, 1.54) is 25.7 Å². The predicted molar refractivity (Wildman–Crippen MR) is 100 cm³/mol. The number of halogens is 2. The predicted octanol–water partition coefficient (Wildman–Crippen LogP) is 4.55. The van der Waals surface area contributed by atoms with Gasteiger partial charge in [-0.3, -0.25) is 0 Å². The summed E-state index contributed by atoms with van der Waals surface area (Å²) in [6.45, 7) is 3.05. The Morgan fingerprint density at radius 2 is 1.50 bits per heavy atom. The summed E-state index contributed by atoms with van der Waals surface area (Å²) in [6, 6.07) is 6.03. The van der Waals surface area contributed by atoms with Crippen LogP contribution in [-0.2, 0) is 0 Å². The molecule has 1 aromatic carbocycles. The van der Waals surface area contributed by atoms with E-state index in [1.807, 2.05) is 17.0 Å². The molecule has 1 saturated carbocycles. The Kier molecular flexibility index (Phi) is 6.12. The van der Waals surface area contributed by atoms with Crippen LogP contribution in [0.5, 0.6) is 0 Å². The Labute approximate surface area is 154 Å². The lowest BCUT2D eigenvalue weighted by molar-refractivity contribution is 0.189. The van der Waals surface area contributed by atoms with E-state index in [1.54, 1.807) is 6.07 Å². The summed E-state index contributed by atoms with van der Waals surface area (Å²) in [6.07, 6.45) is 7.29. The van der Waals surface area contributed by atoms with Crippen LogP contribution in [0.4, 0.5) is 10.5 Å². The SMILES string of the molecule is O=C(NC1CCCCCC1)N1CCN(c2cc(Cl)cc(Cl)c2)CC1. The molecule has 6 heteroatoms. The van der Waals surface area contributed by atoms with Gasteiger partial charge in [-0.05, 0) is 31.0 Å². The summed E-state index contributed by atoms with van der Waals surface area (Å²) in [7, 11) is 0. The second-order valence-electron chi connectivity index (χ2n) is 6.74. The van der Waals surface area contributed by atoms with Crippen LogP contribution >= 0.6 is 23.2 Å². The fourth-order valence-electron chi connectivity index (χ4n) is 3.58. The summed E-state index contributed by atoms with van der Waals surface area (Å²) in [5, 5.41) is 4.52. The number of carbonyl (C=O) groups is 1. The van der Waals surface area contributed by atoms with Gasteiger partial charge in [0.15, 0.2) is 0 Å². The minimum Gasteiger partial charge on any atom is -0.368 e. The van der Waals surface area contributed by atoms with Crippen molar-refractivity contribution >= 4 is 34.9 Å². The Hall–Kier alpha value is -1.13. The minimum atomic E-state index is 0.0886. The molecule has 24 heavy (non-hydrogen) atoms. The molecule has 0 atom stereocenters. The van der Waals surface area contributed by atoms with Crippen LogP contribution in [0.3, 0.4) is 0 Å². The van der Waals surface area contributed by atoms with Gasteiger partial charge in [-0.25, -0.2) is 4.79 Å². The Bertz CT molecular complexity index is 545. The number of urea groups is 1. The standard InChI is InChI=1S/C18H25Cl2N3O/c19-14-11-15(20)13-17(12-14)22-7-9-23(10-8-22)18(24)21-16-5-3-1-2-4-6-16/h11-13,16H,1-10H2,(H,21,24). The van der Waals surface area contributed by atoms with Gasteiger partial charge in [0.2, 0.25) is 0 Å². The zero-order valence-electron chi connectivity index (χ0n) is 13.9. The van der Waals surface area contributed by atoms with Crippen LogP contribution in [-0.4, -0.2) is 43.2 Å². The van der Waals surface area contributed by atoms with Crippen molar-refractivity contribution in [2.75, 3.05) is 31.1 Å². The molecule has 0 radical (unpaired) electrons. The molecule has 1 aliphatic carbocycles. The fourth-order valence-corrected chi connectivity index (χ4v) is 4.09. The van der Waals surface area contributed by atoms with Crippen molar-refractivity contribution in [1.29, 1.82) is 0 Å². The van der Waals surface area contributed by atoms with Gasteiger partial charge >= 0.3 is 6.03 Å². The summed E-state index contributed by atoms with van der Waals surface area (Å²) < 4.78 is 0. The van der Waals surface area contributed by atoms with Crippen molar-refractivity contribution in [1.82, 2.24) is 10.2 Å². The van der Waals surface area contributed by atoms with E-state index in [0.29, 0.717) is 16.1 Å². The van der Waals surface area contributed by atoms with E-state index in [9.17, 15) is 4.79 Å². The van der Waals surface area contributed by atoms with Crippen molar-refractivity contribution in [3.63, 3.8) is 0 Å². The maximum absolute atomic E-state index is 12.5. The molecule has 1 N–H and O–H groups in total. The highest BCUT2D eigenvalue weighted by atomic mass is 35.5. The van der Waals surface area contributed by atoms with E-state index >= 15 is 0 Å². The number of nitrogens with one attached hydrogen (secondary N) is 1. The van der Waals surface area contributed by atoms with Crippen molar-refractivity contribution in [3.05, 3.63) is 28.2 Å². The molecule has 1 aromatic rings. The van der Waals surface area contributed by atoms with Crippen molar-refractivity contribution < 1.29 is 4.79 Å². The Balaban J connectivity index is 1.51. The van der Waals surface area contributed by atoms with E-state index in [4.69, 9.17) is 23.2 Å². The first-order valence-electron chi connectivity index (χ1n) is 8.88. The summed E-state index contributed by atoms with van der Waals surface area (Å²) in [5.41, 5.74) is 1.02. The second kappa shape index (κ2) is 8.30. The maximum atomic E-state index is 12.5. The highest BCUT2D eigenvalue weighted by Crippen LogP contribution is 2.26. The van der Waals surface area contributed by atoms with Gasteiger partial charge in [-0.2, -0.15) is 0 Å². The average molecular weight is 370 g/mol. The first-order chi connectivity index (χ1) is 11.6. The van der Waals surface area contributed by atoms with Gasteiger partial charge in [0.05, 0.1) is 0 Å². The van der Waals surface area contributed by atoms with Gasteiger partial charge in [-0.15, -0.1) is 0 Å². The van der Waals surface area contributed by atoms with Crippen LogP contribution in [0.2, 0.25) is 10.0 Å². The molecule has 2 amide bonds. The number of rotatable bonds is 2. The topological polar surface area (TPSA) is 35.6 Å². The quantitative estimate of drug-likeness (QED) is 0.776. The zero-order valence-corrected chi connectivity index (χ0v) is 15.5. The maximum Gasteiger partial charge on any atom is 0.317 e. The largest absolute Gasteiger partial charge is 0.368 e. The lowest BCUT2D eigenvalue weighted by Crippen LogP contribution is -2.53.